The van der Waals surface area contributed by atoms with E-state index in [2.05, 4.69) is 4.98 Å². The summed E-state index contributed by atoms with van der Waals surface area (Å²) in [5.41, 5.74) is 6.62. The minimum atomic E-state index is 0.444. The molecule has 0 bridgehead atoms. The van der Waals surface area contributed by atoms with E-state index < -0.39 is 0 Å². The highest BCUT2D eigenvalue weighted by molar-refractivity contribution is 7.98. The summed E-state index contributed by atoms with van der Waals surface area (Å²) in [6, 6.07) is 9.79. The van der Waals surface area contributed by atoms with E-state index in [9.17, 15) is 0 Å². The van der Waals surface area contributed by atoms with Gasteiger partial charge in [0.15, 0.2) is 0 Å². The van der Waals surface area contributed by atoms with Crippen LogP contribution in [0, 0.1) is 0 Å². The molecule has 2 N–H and O–H groups in total. The van der Waals surface area contributed by atoms with Crippen molar-refractivity contribution in [2.75, 3.05) is 6.26 Å². The molecule has 0 aliphatic rings. The number of aromatic nitrogens is 1. The molecule has 17 heavy (non-hydrogen) atoms. The maximum atomic E-state index is 5.86. The highest BCUT2D eigenvalue weighted by Gasteiger charge is 2.06. The zero-order valence-corrected chi connectivity index (χ0v) is 10.4. The molecule has 2 rings (SSSR count). The van der Waals surface area contributed by atoms with Crippen molar-refractivity contribution in [1.82, 2.24) is 4.98 Å². The third-order valence-corrected chi connectivity index (χ3v) is 3.16. The van der Waals surface area contributed by atoms with Gasteiger partial charge >= 0.3 is 0 Å². The number of hydrogen-bond acceptors (Lipinski definition) is 4. The Bertz CT molecular complexity index is 457. The minimum Gasteiger partial charge on any atom is -0.454 e. The topological polar surface area (TPSA) is 48.1 Å². The van der Waals surface area contributed by atoms with E-state index in [-0.39, 0.29) is 0 Å². The molecule has 2 aromatic rings. The van der Waals surface area contributed by atoms with Crippen molar-refractivity contribution < 1.29 is 4.74 Å². The third-order valence-electron chi connectivity index (χ3n) is 2.38. The number of rotatable bonds is 4. The van der Waals surface area contributed by atoms with Crippen LogP contribution in [0.2, 0.25) is 0 Å². The zero-order chi connectivity index (χ0) is 12.1. The molecular formula is C13H14N2OS. The second-order valence-corrected chi connectivity index (χ2v) is 4.29. The Morgan fingerprint density at radius 3 is 2.82 bits per heavy atom. The predicted octanol–water partition coefficient (Wildman–Crippen LogP) is 3.05. The maximum absolute atomic E-state index is 5.86. The van der Waals surface area contributed by atoms with Crippen molar-refractivity contribution in [3.63, 3.8) is 0 Å². The van der Waals surface area contributed by atoms with Gasteiger partial charge < -0.3 is 10.5 Å². The molecule has 4 heteroatoms. The van der Waals surface area contributed by atoms with Gasteiger partial charge in [-0.15, -0.1) is 11.8 Å². The molecule has 1 aromatic carbocycles. The number of benzene rings is 1. The number of hydrogen-bond donors (Lipinski definition) is 1. The van der Waals surface area contributed by atoms with E-state index in [1.807, 2.05) is 36.6 Å². The third kappa shape index (κ3) is 2.78. The van der Waals surface area contributed by atoms with E-state index in [0.29, 0.717) is 6.54 Å². The van der Waals surface area contributed by atoms with Crippen molar-refractivity contribution in [1.29, 1.82) is 0 Å². The van der Waals surface area contributed by atoms with Crippen LogP contribution in [0.1, 0.15) is 5.56 Å². The van der Waals surface area contributed by atoms with Crippen LogP contribution in [0.5, 0.6) is 11.5 Å². The molecule has 3 nitrogen and oxygen atoms in total. The van der Waals surface area contributed by atoms with Gasteiger partial charge in [0.1, 0.15) is 11.5 Å². The lowest BCUT2D eigenvalue weighted by Gasteiger charge is -2.11. The number of thioether (sulfide) groups is 1. The largest absolute Gasteiger partial charge is 0.454 e. The molecule has 0 aliphatic carbocycles. The molecule has 0 radical (unpaired) electrons. The Hall–Kier alpha value is -1.52. The van der Waals surface area contributed by atoms with Gasteiger partial charge in [0.2, 0.25) is 0 Å². The number of para-hydroxylation sites is 1. The summed E-state index contributed by atoms with van der Waals surface area (Å²) in [5.74, 6) is 1.55. The number of nitrogens with two attached hydrogens (primary N) is 1. The smallest absolute Gasteiger partial charge is 0.150 e. The zero-order valence-electron chi connectivity index (χ0n) is 9.59. The minimum absolute atomic E-state index is 0.444. The summed E-state index contributed by atoms with van der Waals surface area (Å²) >= 11 is 1.65. The highest BCUT2D eigenvalue weighted by Crippen LogP contribution is 2.32. The van der Waals surface area contributed by atoms with Crippen LogP contribution in [0.3, 0.4) is 0 Å². The van der Waals surface area contributed by atoms with Crippen LogP contribution in [0.4, 0.5) is 0 Å². The molecule has 1 heterocycles. The van der Waals surface area contributed by atoms with Gasteiger partial charge in [-0.2, -0.15) is 0 Å². The molecule has 1 aromatic heterocycles. The maximum Gasteiger partial charge on any atom is 0.150 e. The second kappa shape index (κ2) is 5.70. The number of nitrogens with zero attached hydrogens (tertiary/aromatic N) is 1. The molecule has 0 saturated carbocycles. The lowest BCUT2D eigenvalue weighted by atomic mass is 10.2. The standard InChI is InChI=1S/C13H14N2OS/c1-17-13-5-3-2-4-11(13)16-12-9-15-7-6-10(12)8-14/h2-7,9H,8,14H2,1H3. The molecule has 0 aliphatic heterocycles. The van der Waals surface area contributed by atoms with Crippen molar-refractivity contribution in [3.05, 3.63) is 48.3 Å². The fourth-order valence-electron chi connectivity index (χ4n) is 1.49. The quantitative estimate of drug-likeness (QED) is 0.842. The summed E-state index contributed by atoms with van der Waals surface area (Å²) in [5, 5.41) is 0. The van der Waals surface area contributed by atoms with Gasteiger partial charge in [-0.05, 0) is 24.5 Å². The Morgan fingerprint density at radius 1 is 1.24 bits per heavy atom. The van der Waals surface area contributed by atoms with Gasteiger partial charge in [0, 0.05) is 23.2 Å². The first kappa shape index (κ1) is 12.0. The lowest BCUT2D eigenvalue weighted by Crippen LogP contribution is -2.00. The molecule has 0 fully saturated rings. The lowest BCUT2D eigenvalue weighted by molar-refractivity contribution is 0.463. The first-order valence-electron chi connectivity index (χ1n) is 5.29. The van der Waals surface area contributed by atoms with Crippen LogP contribution < -0.4 is 10.5 Å². The molecule has 88 valence electrons. The van der Waals surface area contributed by atoms with Crippen LogP contribution >= 0.6 is 11.8 Å². The summed E-state index contributed by atoms with van der Waals surface area (Å²) in [6.45, 7) is 0.444. The molecule has 0 amide bonds. The van der Waals surface area contributed by atoms with E-state index in [0.717, 1.165) is 22.0 Å². The van der Waals surface area contributed by atoms with Gasteiger partial charge in [-0.1, -0.05) is 12.1 Å². The fraction of sp³-hybridized carbons (Fsp3) is 0.154. The monoisotopic (exact) mass is 246 g/mol. The van der Waals surface area contributed by atoms with E-state index >= 15 is 0 Å². The fourth-order valence-corrected chi connectivity index (χ4v) is 2.02. The van der Waals surface area contributed by atoms with Crippen LogP contribution in [0.25, 0.3) is 0 Å². The Kier molecular flexibility index (Phi) is 4.01. The SMILES string of the molecule is CSc1ccccc1Oc1cnccc1CN. The Labute approximate surface area is 105 Å². The van der Waals surface area contributed by atoms with Gasteiger partial charge in [-0.3, -0.25) is 4.98 Å². The normalized spacial score (nSPS) is 10.2. The summed E-state index contributed by atoms with van der Waals surface area (Å²) in [4.78, 5) is 5.15. The van der Waals surface area contributed by atoms with Crippen molar-refractivity contribution in [2.24, 2.45) is 5.73 Å². The second-order valence-electron chi connectivity index (χ2n) is 3.44. The van der Waals surface area contributed by atoms with Gasteiger partial charge in [0.25, 0.3) is 0 Å². The van der Waals surface area contributed by atoms with E-state index in [4.69, 9.17) is 10.5 Å². The Morgan fingerprint density at radius 2 is 2.06 bits per heavy atom. The average molecular weight is 246 g/mol. The molecule has 0 saturated heterocycles. The number of ether oxygens (including phenoxy) is 1. The van der Waals surface area contributed by atoms with E-state index in [1.54, 1.807) is 24.2 Å². The van der Waals surface area contributed by atoms with Crippen molar-refractivity contribution >= 4 is 11.8 Å². The highest BCUT2D eigenvalue weighted by atomic mass is 32.2. The average Bonchev–Trinajstić information content (AvgIpc) is 2.40. The Balaban J connectivity index is 2.31. The molecule has 0 atom stereocenters. The van der Waals surface area contributed by atoms with Crippen molar-refractivity contribution in [2.45, 2.75) is 11.4 Å². The van der Waals surface area contributed by atoms with Gasteiger partial charge in [-0.25, -0.2) is 0 Å². The first-order valence-corrected chi connectivity index (χ1v) is 6.51. The summed E-state index contributed by atoms with van der Waals surface area (Å²) in [7, 11) is 0. The summed E-state index contributed by atoms with van der Waals surface area (Å²) < 4.78 is 5.86. The van der Waals surface area contributed by atoms with Crippen LogP contribution in [0.15, 0.2) is 47.6 Å². The van der Waals surface area contributed by atoms with Crippen LogP contribution in [-0.4, -0.2) is 11.2 Å². The van der Waals surface area contributed by atoms with Crippen LogP contribution in [-0.2, 0) is 6.54 Å². The van der Waals surface area contributed by atoms with E-state index in [1.165, 1.54) is 0 Å². The molecule has 0 spiro atoms. The molecular weight excluding hydrogens is 232 g/mol. The predicted molar refractivity (Wildman–Crippen MR) is 70.4 cm³/mol. The first-order chi connectivity index (χ1) is 8.35. The summed E-state index contributed by atoms with van der Waals surface area (Å²) in [6.07, 6.45) is 5.43. The molecule has 0 unspecified atom stereocenters. The van der Waals surface area contributed by atoms with Crippen molar-refractivity contribution in [3.8, 4) is 11.5 Å². The van der Waals surface area contributed by atoms with Gasteiger partial charge in [0.05, 0.1) is 6.20 Å². The number of pyridine rings is 1.